The van der Waals surface area contributed by atoms with Crippen molar-refractivity contribution in [3.63, 3.8) is 0 Å². The van der Waals surface area contributed by atoms with E-state index in [2.05, 4.69) is 34.7 Å². The summed E-state index contributed by atoms with van der Waals surface area (Å²) in [5.74, 6) is -0.377. The first-order valence-corrected chi connectivity index (χ1v) is 11.6. The second-order valence-electron chi connectivity index (χ2n) is 7.96. The summed E-state index contributed by atoms with van der Waals surface area (Å²) in [4.78, 5) is 44.0. The van der Waals surface area contributed by atoms with E-state index in [-0.39, 0.29) is 0 Å². The second-order valence-corrected chi connectivity index (χ2v) is 8.82. The fraction of sp³-hybridized carbons (Fsp3) is 0.250. The van der Waals surface area contributed by atoms with Crippen molar-refractivity contribution >= 4 is 34.3 Å². The monoisotopic (exact) mass is 462 g/mol. The van der Waals surface area contributed by atoms with Crippen molar-refractivity contribution in [2.75, 3.05) is 18.5 Å². The van der Waals surface area contributed by atoms with E-state index in [0.29, 0.717) is 29.5 Å². The first-order valence-electron chi connectivity index (χ1n) is 10.7. The molecule has 1 unspecified atom stereocenters. The Morgan fingerprint density at radius 3 is 2.79 bits per heavy atom. The highest BCUT2D eigenvalue weighted by atomic mass is 32.1. The van der Waals surface area contributed by atoms with Crippen molar-refractivity contribution in [1.82, 2.24) is 15.2 Å². The molecule has 0 aliphatic carbocycles. The van der Waals surface area contributed by atoms with Crippen molar-refractivity contribution < 1.29 is 19.1 Å². The molecule has 3 heterocycles. The van der Waals surface area contributed by atoms with Gasteiger partial charge in [0.25, 0.3) is 5.91 Å². The number of aromatic nitrogens is 1. The fourth-order valence-electron chi connectivity index (χ4n) is 4.19. The van der Waals surface area contributed by atoms with E-state index in [9.17, 15) is 14.4 Å². The Hall–Kier alpha value is -3.72. The minimum atomic E-state index is -1.20. The highest BCUT2D eigenvalue weighted by molar-refractivity contribution is 7.14. The van der Waals surface area contributed by atoms with Gasteiger partial charge in [-0.05, 0) is 18.1 Å². The first-order chi connectivity index (χ1) is 16.0. The number of hydrogen-bond donors (Lipinski definition) is 2. The molecule has 1 fully saturated rings. The van der Waals surface area contributed by atoms with Gasteiger partial charge >= 0.3 is 6.03 Å². The third kappa shape index (κ3) is 3.74. The van der Waals surface area contributed by atoms with Gasteiger partial charge in [-0.25, -0.2) is 9.78 Å². The van der Waals surface area contributed by atoms with Crippen LogP contribution in [0.2, 0.25) is 0 Å². The van der Waals surface area contributed by atoms with Gasteiger partial charge in [0.05, 0.1) is 12.3 Å². The van der Waals surface area contributed by atoms with Crippen LogP contribution in [0.1, 0.15) is 24.5 Å². The van der Waals surface area contributed by atoms with Crippen molar-refractivity contribution in [1.29, 1.82) is 0 Å². The smallest absolute Gasteiger partial charge is 0.325 e. The van der Waals surface area contributed by atoms with Gasteiger partial charge in [0.2, 0.25) is 5.91 Å². The molecule has 1 saturated heterocycles. The summed E-state index contributed by atoms with van der Waals surface area (Å²) >= 11 is 1.29. The van der Waals surface area contributed by atoms with Gasteiger partial charge < -0.3 is 15.4 Å². The number of ether oxygens (including phenoxy) is 1. The van der Waals surface area contributed by atoms with Crippen LogP contribution >= 0.6 is 11.3 Å². The number of imide groups is 1. The average Bonchev–Trinajstić information content (AvgIpc) is 3.38. The predicted molar refractivity (Wildman–Crippen MR) is 124 cm³/mol. The molecule has 2 aromatic carbocycles. The molecule has 0 saturated carbocycles. The molecule has 0 radical (unpaired) electrons. The van der Waals surface area contributed by atoms with E-state index in [1.807, 2.05) is 23.6 Å². The Balaban J connectivity index is 1.29. The van der Waals surface area contributed by atoms with Gasteiger partial charge in [-0.1, -0.05) is 49.4 Å². The van der Waals surface area contributed by atoms with E-state index in [1.54, 1.807) is 18.2 Å². The first kappa shape index (κ1) is 21.1. The van der Waals surface area contributed by atoms with Crippen molar-refractivity contribution in [3.8, 4) is 17.0 Å². The van der Waals surface area contributed by atoms with Crippen LogP contribution < -0.4 is 15.4 Å². The van der Waals surface area contributed by atoms with Gasteiger partial charge in [-0.3, -0.25) is 14.5 Å². The number of anilines is 1. The quantitative estimate of drug-likeness (QED) is 0.565. The maximum atomic E-state index is 13.3. The van der Waals surface area contributed by atoms with Gasteiger partial charge in [0.1, 0.15) is 12.3 Å². The molecule has 3 aromatic rings. The lowest BCUT2D eigenvalue weighted by Crippen LogP contribution is -2.48. The molecule has 2 aliphatic rings. The SMILES string of the molecule is CCc1ccc(-c2csc(NC(=O)CN3C(=O)NC4(CCOc5ccccc54)C3=O)n2)cc1. The fourth-order valence-corrected chi connectivity index (χ4v) is 4.93. The van der Waals surface area contributed by atoms with E-state index < -0.39 is 29.9 Å². The van der Waals surface area contributed by atoms with Crippen LogP contribution in [0.3, 0.4) is 0 Å². The second kappa shape index (κ2) is 8.32. The van der Waals surface area contributed by atoms with Crippen LogP contribution in [0.5, 0.6) is 5.75 Å². The molecule has 168 valence electrons. The Bertz CT molecular complexity index is 1240. The van der Waals surface area contributed by atoms with Crippen molar-refractivity contribution in [2.45, 2.75) is 25.3 Å². The zero-order valence-electron chi connectivity index (χ0n) is 18.0. The van der Waals surface area contributed by atoms with Crippen LogP contribution in [0.15, 0.2) is 53.9 Å². The Labute approximate surface area is 194 Å². The summed E-state index contributed by atoms with van der Waals surface area (Å²) in [5.41, 5.74) is 2.35. The predicted octanol–water partition coefficient (Wildman–Crippen LogP) is 3.54. The Morgan fingerprint density at radius 1 is 1.21 bits per heavy atom. The van der Waals surface area contributed by atoms with E-state index in [0.717, 1.165) is 22.6 Å². The number of carbonyl (C=O) groups is 3. The molecule has 33 heavy (non-hydrogen) atoms. The van der Waals surface area contributed by atoms with Crippen LogP contribution in [-0.4, -0.2) is 40.9 Å². The largest absolute Gasteiger partial charge is 0.493 e. The summed E-state index contributed by atoms with van der Waals surface area (Å²) in [6, 6.07) is 14.6. The molecule has 0 bridgehead atoms. The van der Waals surface area contributed by atoms with Crippen LogP contribution in [0.25, 0.3) is 11.3 Å². The number of thiazole rings is 1. The topological polar surface area (TPSA) is 101 Å². The van der Waals surface area contributed by atoms with Gasteiger partial charge in [0.15, 0.2) is 10.7 Å². The molecule has 1 spiro atoms. The molecular formula is C24H22N4O4S. The Morgan fingerprint density at radius 2 is 2.00 bits per heavy atom. The summed E-state index contributed by atoms with van der Waals surface area (Å²) in [5, 5.41) is 7.77. The number of carbonyl (C=O) groups excluding carboxylic acids is 3. The number of benzene rings is 2. The maximum Gasteiger partial charge on any atom is 0.325 e. The Kier molecular flexibility index (Phi) is 5.33. The number of fused-ring (bicyclic) bond motifs is 2. The number of nitrogens with one attached hydrogen (secondary N) is 2. The summed E-state index contributed by atoms with van der Waals surface area (Å²) in [6.07, 6.45) is 1.26. The zero-order valence-corrected chi connectivity index (χ0v) is 18.8. The third-order valence-corrected chi connectivity index (χ3v) is 6.73. The van der Waals surface area contributed by atoms with Gasteiger partial charge in [0, 0.05) is 22.9 Å². The van der Waals surface area contributed by atoms with E-state index in [4.69, 9.17) is 4.74 Å². The number of aryl methyl sites for hydroxylation is 1. The highest BCUT2D eigenvalue weighted by Gasteiger charge is 2.55. The number of rotatable bonds is 5. The highest BCUT2D eigenvalue weighted by Crippen LogP contribution is 2.40. The zero-order chi connectivity index (χ0) is 23.0. The number of urea groups is 1. The average molecular weight is 463 g/mol. The molecule has 8 nitrogen and oxygen atoms in total. The lowest BCUT2D eigenvalue weighted by Gasteiger charge is -2.33. The molecule has 2 aliphatic heterocycles. The molecule has 5 rings (SSSR count). The lowest BCUT2D eigenvalue weighted by molar-refractivity contribution is -0.135. The third-order valence-electron chi connectivity index (χ3n) is 5.97. The lowest BCUT2D eigenvalue weighted by atomic mass is 9.84. The van der Waals surface area contributed by atoms with Crippen molar-refractivity contribution in [3.05, 3.63) is 65.0 Å². The number of para-hydroxylation sites is 1. The summed E-state index contributed by atoms with van der Waals surface area (Å²) < 4.78 is 5.63. The van der Waals surface area contributed by atoms with Crippen LogP contribution in [0.4, 0.5) is 9.93 Å². The number of hydrogen-bond acceptors (Lipinski definition) is 6. The number of nitrogens with zero attached hydrogens (tertiary/aromatic N) is 2. The molecule has 1 atom stereocenters. The maximum absolute atomic E-state index is 13.3. The minimum Gasteiger partial charge on any atom is -0.493 e. The van der Waals surface area contributed by atoms with Gasteiger partial charge in [-0.2, -0.15) is 0 Å². The molecule has 4 amide bonds. The standard InChI is InChI=1S/C24H22N4O4S/c1-2-15-7-9-16(10-8-15)18-14-33-22(25-18)26-20(29)13-28-21(30)24(27-23(28)31)11-12-32-19-6-4-3-5-17(19)24/h3-10,14H,2,11-13H2,1H3,(H,27,31)(H,25,26,29). The molecule has 2 N–H and O–H groups in total. The molecule has 1 aromatic heterocycles. The van der Waals surface area contributed by atoms with Gasteiger partial charge in [-0.15, -0.1) is 11.3 Å². The normalized spacial score (nSPS) is 19.2. The van der Waals surface area contributed by atoms with Crippen molar-refractivity contribution in [2.24, 2.45) is 0 Å². The summed E-state index contributed by atoms with van der Waals surface area (Å²) in [7, 11) is 0. The van der Waals surface area contributed by atoms with Crippen LogP contribution in [-0.2, 0) is 21.5 Å². The van der Waals surface area contributed by atoms with E-state index >= 15 is 0 Å². The molecule has 9 heteroatoms. The van der Waals surface area contributed by atoms with Crippen LogP contribution in [0, 0.1) is 0 Å². The minimum absolute atomic E-state index is 0.296. The summed E-state index contributed by atoms with van der Waals surface area (Å²) in [6.45, 7) is 2.00. The molecular weight excluding hydrogens is 440 g/mol. The van der Waals surface area contributed by atoms with E-state index in [1.165, 1.54) is 16.9 Å². The number of amides is 4.